The van der Waals surface area contributed by atoms with Gasteiger partial charge in [-0.2, -0.15) is 0 Å². The van der Waals surface area contributed by atoms with Crippen molar-refractivity contribution >= 4 is 0 Å². The van der Waals surface area contributed by atoms with Gasteiger partial charge < -0.3 is 5.32 Å². The summed E-state index contributed by atoms with van der Waals surface area (Å²) in [5, 5.41) is 3.64. The van der Waals surface area contributed by atoms with E-state index in [2.05, 4.69) is 64.2 Å². The predicted molar refractivity (Wildman–Crippen MR) is 80.9 cm³/mol. The molecule has 0 aliphatic heterocycles. The summed E-state index contributed by atoms with van der Waals surface area (Å²) in [4.78, 5) is 0. The second kappa shape index (κ2) is 6.94. The zero-order valence-electron chi connectivity index (χ0n) is 12.7. The first-order valence-corrected chi connectivity index (χ1v) is 7.30. The molecule has 0 aromatic heterocycles. The Labute approximate surface area is 113 Å². The fourth-order valence-electron chi connectivity index (χ4n) is 1.93. The Balaban J connectivity index is 2.53. The minimum Gasteiger partial charge on any atom is -0.310 e. The van der Waals surface area contributed by atoms with Crippen LogP contribution in [0.4, 0.5) is 0 Å². The third kappa shape index (κ3) is 4.81. The summed E-state index contributed by atoms with van der Waals surface area (Å²) in [7, 11) is 0. The molecule has 0 saturated carbocycles. The van der Waals surface area contributed by atoms with Gasteiger partial charge in [-0.15, -0.1) is 0 Å². The Hall–Kier alpha value is -0.820. The highest BCUT2D eigenvalue weighted by Gasteiger charge is 2.16. The third-order valence-electron chi connectivity index (χ3n) is 3.86. The molecule has 1 heteroatoms. The molecule has 1 rings (SSSR count). The summed E-state index contributed by atoms with van der Waals surface area (Å²) >= 11 is 0. The predicted octanol–water partition coefficient (Wildman–Crippen LogP) is 4.73. The van der Waals surface area contributed by atoms with Crippen LogP contribution in [-0.2, 0) is 6.42 Å². The van der Waals surface area contributed by atoms with Crippen molar-refractivity contribution in [3.63, 3.8) is 0 Å². The van der Waals surface area contributed by atoms with E-state index in [0.717, 1.165) is 6.54 Å². The molecule has 0 radical (unpaired) electrons. The third-order valence-corrected chi connectivity index (χ3v) is 3.86. The zero-order valence-corrected chi connectivity index (χ0v) is 12.7. The molecule has 0 saturated heterocycles. The van der Waals surface area contributed by atoms with E-state index in [9.17, 15) is 0 Å². The Kier molecular flexibility index (Phi) is 5.87. The van der Waals surface area contributed by atoms with E-state index in [0.29, 0.717) is 11.5 Å². The molecule has 0 spiro atoms. The lowest BCUT2D eigenvalue weighted by Crippen LogP contribution is -2.30. The summed E-state index contributed by atoms with van der Waals surface area (Å²) in [5.74, 6) is 0. The molecule has 0 fully saturated rings. The standard InChI is InChI=1S/C17H29N/c1-6-8-15-9-11-16(12-10-15)14(3)18-13-17(4,5)7-2/h9-12,14,18H,6-8,13H2,1-5H3. The molecule has 1 unspecified atom stereocenters. The van der Waals surface area contributed by atoms with E-state index < -0.39 is 0 Å². The molecular formula is C17H29N. The number of hydrogen-bond acceptors (Lipinski definition) is 1. The van der Waals surface area contributed by atoms with Crippen molar-refractivity contribution in [2.45, 2.75) is 59.9 Å². The molecule has 1 nitrogen and oxygen atoms in total. The quantitative estimate of drug-likeness (QED) is 0.734. The summed E-state index contributed by atoms with van der Waals surface area (Å²) in [6.45, 7) is 12.4. The fourth-order valence-corrected chi connectivity index (χ4v) is 1.93. The minimum atomic E-state index is 0.385. The molecule has 1 atom stereocenters. The Morgan fingerprint density at radius 2 is 1.72 bits per heavy atom. The van der Waals surface area contributed by atoms with E-state index >= 15 is 0 Å². The topological polar surface area (TPSA) is 12.0 Å². The Morgan fingerprint density at radius 3 is 2.22 bits per heavy atom. The molecular weight excluding hydrogens is 218 g/mol. The van der Waals surface area contributed by atoms with Crippen molar-refractivity contribution in [1.82, 2.24) is 5.32 Å². The van der Waals surface area contributed by atoms with Crippen LogP contribution in [0.5, 0.6) is 0 Å². The van der Waals surface area contributed by atoms with Crippen LogP contribution >= 0.6 is 0 Å². The van der Waals surface area contributed by atoms with Crippen LogP contribution in [0.15, 0.2) is 24.3 Å². The van der Waals surface area contributed by atoms with Crippen molar-refractivity contribution in [2.75, 3.05) is 6.54 Å². The van der Waals surface area contributed by atoms with Crippen LogP contribution in [0.2, 0.25) is 0 Å². The number of rotatable bonds is 7. The van der Waals surface area contributed by atoms with Crippen LogP contribution < -0.4 is 5.32 Å². The van der Waals surface area contributed by atoms with Gasteiger partial charge in [0.25, 0.3) is 0 Å². The van der Waals surface area contributed by atoms with Crippen LogP contribution in [0.1, 0.15) is 64.6 Å². The first kappa shape index (κ1) is 15.2. The minimum absolute atomic E-state index is 0.385. The maximum Gasteiger partial charge on any atom is 0.0292 e. The molecule has 102 valence electrons. The number of nitrogens with one attached hydrogen (secondary N) is 1. The largest absolute Gasteiger partial charge is 0.310 e. The van der Waals surface area contributed by atoms with Gasteiger partial charge >= 0.3 is 0 Å². The maximum absolute atomic E-state index is 3.64. The van der Waals surface area contributed by atoms with Crippen molar-refractivity contribution < 1.29 is 0 Å². The lowest BCUT2D eigenvalue weighted by molar-refractivity contribution is 0.314. The average Bonchev–Trinajstić information content (AvgIpc) is 2.37. The van der Waals surface area contributed by atoms with Gasteiger partial charge in [0.1, 0.15) is 0 Å². The van der Waals surface area contributed by atoms with E-state index in [4.69, 9.17) is 0 Å². The lowest BCUT2D eigenvalue weighted by Gasteiger charge is -2.26. The molecule has 0 aliphatic rings. The molecule has 1 N–H and O–H groups in total. The van der Waals surface area contributed by atoms with Crippen molar-refractivity contribution in [3.8, 4) is 0 Å². The molecule has 1 aromatic carbocycles. The first-order valence-electron chi connectivity index (χ1n) is 7.30. The van der Waals surface area contributed by atoms with E-state index in [1.165, 1.54) is 30.4 Å². The molecule has 18 heavy (non-hydrogen) atoms. The first-order chi connectivity index (χ1) is 8.48. The van der Waals surface area contributed by atoms with Gasteiger partial charge in [0.15, 0.2) is 0 Å². The highest BCUT2D eigenvalue weighted by Crippen LogP contribution is 2.21. The van der Waals surface area contributed by atoms with Crippen molar-refractivity contribution in [3.05, 3.63) is 35.4 Å². The van der Waals surface area contributed by atoms with E-state index in [1.54, 1.807) is 0 Å². The van der Waals surface area contributed by atoms with Gasteiger partial charge in [-0.05, 0) is 36.3 Å². The molecule has 0 heterocycles. The van der Waals surface area contributed by atoms with Gasteiger partial charge in [0.05, 0.1) is 0 Å². The molecule has 0 aliphatic carbocycles. The maximum atomic E-state index is 3.64. The van der Waals surface area contributed by atoms with Gasteiger partial charge in [0.2, 0.25) is 0 Å². The van der Waals surface area contributed by atoms with Gasteiger partial charge in [-0.25, -0.2) is 0 Å². The average molecular weight is 247 g/mol. The second-order valence-corrected chi connectivity index (χ2v) is 6.11. The van der Waals surface area contributed by atoms with Crippen molar-refractivity contribution in [2.24, 2.45) is 5.41 Å². The molecule has 1 aromatic rings. The van der Waals surface area contributed by atoms with Gasteiger partial charge in [-0.1, -0.05) is 58.4 Å². The van der Waals surface area contributed by atoms with E-state index in [1.807, 2.05) is 0 Å². The normalized spacial score (nSPS) is 13.6. The fraction of sp³-hybridized carbons (Fsp3) is 0.647. The molecule has 0 bridgehead atoms. The van der Waals surface area contributed by atoms with E-state index in [-0.39, 0.29) is 0 Å². The summed E-state index contributed by atoms with van der Waals surface area (Å²) in [5.41, 5.74) is 3.22. The summed E-state index contributed by atoms with van der Waals surface area (Å²) in [6.07, 6.45) is 3.62. The van der Waals surface area contributed by atoms with Crippen LogP contribution in [0, 0.1) is 5.41 Å². The zero-order chi connectivity index (χ0) is 13.6. The Morgan fingerprint density at radius 1 is 1.11 bits per heavy atom. The van der Waals surface area contributed by atoms with Gasteiger partial charge in [-0.3, -0.25) is 0 Å². The smallest absolute Gasteiger partial charge is 0.0292 e. The monoisotopic (exact) mass is 247 g/mol. The SMILES string of the molecule is CCCc1ccc(C(C)NCC(C)(C)CC)cc1. The van der Waals surface area contributed by atoms with Crippen LogP contribution in [0.3, 0.4) is 0 Å². The summed E-state index contributed by atoms with van der Waals surface area (Å²) in [6, 6.07) is 9.50. The van der Waals surface area contributed by atoms with Gasteiger partial charge in [0, 0.05) is 12.6 Å². The molecule has 0 amide bonds. The van der Waals surface area contributed by atoms with Crippen molar-refractivity contribution in [1.29, 1.82) is 0 Å². The van der Waals surface area contributed by atoms with Crippen LogP contribution in [0.25, 0.3) is 0 Å². The second-order valence-electron chi connectivity index (χ2n) is 6.11. The lowest BCUT2D eigenvalue weighted by atomic mass is 9.90. The summed E-state index contributed by atoms with van der Waals surface area (Å²) < 4.78 is 0. The van der Waals surface area contributed by atoms with Crippen LogP contribution in [-0.4, -0.2) is 6.54 Å². The highest BCUT2D eigenvalue weighted by atomic mass is 14.9. The number of aryl methyl sites for hydroxylation is 1. The highest BCUT2D eigenvalue weighted by molar-refractivity contribution is 5.24. The Bertz CT molecular complexity index is 337. The number of benzene rings is 1. The number of hydrogen-bond donors (Lipinski definition) is 1.